The number of nitrogens with zero attached hydrogens (tertiary/aromatic N) is 1. The second kappa shape index (κ2) is 4.63. The van der Waals surface area contributed by atoms with Crippen molar-refractivity contribution in [1.29, 1.82) is 0 Å². The summed E-state index contributed by atoms with van der Waals surface area (Å²) < 4.78 is 0.176. The van der Waals surface area contributed by atoms with E-state index in [0.717, 1.165) is 28.6 Å². The summed E-state index contributed by atoms with van der Waals surface area (Å²) in [6.45, 7) is 6.06. The predicted molar refractivity (Wildman–Crippen MR) is 74.0 cm³/mol. The van der Waals surface area contributed by atoms with Gasteiger partial charge in [-0.1, -0.05) is 0 Å². The lowest BCUT2D eigenvalue weighted by Crippen LogP contribution is -2.45. The van der Waals surface area contributed by atoms with Crippen LogP contribution in [-0.2, 0) is 0 Å². The molecule has 88 valence electrons. The highest BCUT2D eigenvalue weighted by Gasteiger charge is 2.30. The van der Waals surface area contributed by atoms with E-state index in [9.17, 15) is 4.79 Å². The van der Waals surface area contributed by atoms with Gasteiger partial charge in [0.25, 0.3) is 5.91 Å². The first-order valence-corrected chi connectivity index (χ1v) is 7.50. The lowest BCUT2D eigenvalue weighted by Gasteiger charge is -2.37. The lowest BCUT2D eigenvalue weighted by molar-refractivity contribution is 0.0753. The Morgan fingerprint density at radius 2 is 2.31 bits per heavy atom. The van der Waals surface area contributed by atoms with Crippen molar-refractivity contribution < 1.29 is 4.79 Å². The molecule has 0 aliphatic carbocycles. The van der Waals surface area contributed by atoms with Crippen LogP contribution in [0.25, 0.3) is 0 Å². The molecule has 1 fully saturated rings. The second-order valence-corrected chi connectivity index (χ2v) is 7.73. The maximum atomic E-state index is 12.2. The molecule has 0 atom stereocenters. The number of carbonyl (C=O) groups excluding carboxylic acids is 1. The molecule has 2 heterocycles. The molecule has 1 amide bonds. The van der Waals surface area contributed by atoms with Gasteiger partial charge in [0.15, 0.2) is 0 Å². The lowest BCUT2D eigenvalue weighted by atomic mass is 10.2. The van der Waals surface area contributed by atoms with Crippen molar-refractivity contribution in [3.05, 3.63) is 16.3 Å². The number of rotatable bonds is 1. The Hall–Kier alpha value is -0.130. The average Bonchev–Trinajstić information content (AvgIpc) is 2.62. The Labute approximate surface area is 110 Å². The summed E-state index contributed by atoms with van der Waals surface area (Å²) in [5, 5.41) is 1.90. The van der Waals surface area contributed by atoms with Gasteiger partial charge in [0.05, 0.1) is 4.88 Å². The van der Waals surface area contributed by atoms with Crippen LogP contribution in [0.5, 0.6) is 0 Å². The zero-order valence-corrected chi connectivity index (χ0v) is 11.9. The molecule has 0 saturated carbocycles. The highest BCUT2D eigenvalue weighted by atomic mass is 32.2. The van der Waals surface area contributed by atoms with Gasteiger partial charge in [0, 0.05) is 33.9 Å². The van der Waals surface area contributed by atoms with Crippen molar-refractivity contribution in [2.45, 2.75) is 23.5 Å². The van der Waals surface area contributed by atoms with E-state index >= 15 is 0 Å². The molecule has 5 heteroatoms. The summed E-state index contributed by atoms with van der Waals surface area (Å²) in [6.07, 6.45) is 0. The van der Waals surface area contributed by atoms with E-state index in [0.29, 0.717) is 0 Å². The topological polar surface area (TPSA) is 20.3 Å². The van der Waals surface area contributed by atoms with Gasteiger partial charge in [0.1, 0.15) is 0 Å². The maximum Gasteiger partial charge on any atom is 0.264 e. The normalized spacial score (nSPS) is 19.8. The van der Waals surface area contributed by atoms with E-state index in [2.05, 4.69) is 26.5 Å². The highest BCUT2D eigenvalue weighted by Crippen LogP contribution is 2.31. The second-order valence-electron chi connectivity index (χ2n) is 4.50. The third-order valence-corrected chi connectivity index (χ3v) is 5.16. The van der Waals surface area contributed by atoms with Crippen LogP contribution in [-0.4, -0.2) is 34.4 Å². The minimum atomic E-state index is 0.152. The largest absolute Gasteiger partial charge is 0.336 e. The van der Waals surface area contributed by atoms with Crippen LogP contribution in [0.15, 0.2) is 16.3 Å². The van der Waals surface area contributed by atoms with Crippen LogP contribution < -0.4 is 0 Å². The molecule has 0 spiro atoms. The first-order valence-electron chi connectivity index (χ1n) is 5.19. The van der Waals surface area contributed by atoms with Crippen molar-refractivity contribution in [2.24, 2.45) is 0 Å². The number of carbonyl (C=O) groups is 1. The summed E-state index contributed by atoms with van der Waals surface area (Å²) in [5.41, 5.74) is 0. The molecular formula is C11H15NOS3. The van der Waals surface area contributed by atoms with Crippen LogP contribution in [0.3, 0.4) is 0 Å². The van der Waals surface area contributed by atoms with Gasteiger partial charge in [-0.05, 0) is 19.9 Å². The van der Waals surface area contributed by atoms with E-state index < -0.39 is 0 Å². The van der Waals surface area contributed by atoms with E-state index in [1.54, 1.807) is 0 Å². The molecule has 1 saturated heterocycles. The van der Waals surface area contributed by atoms with E-state index in [1.165, 1.54) is 11.3 Å². The number of hydrogen-bond acceptors (Lipinski definition) is 4. The monoisotopic (exact) mass is 273 g/mol. The molecule has 1 aromatic heterocycles. The fraction of sp³-hybridized carbons (Fsp3) is 0.545. The number of hydrogen-bond donors (Lipinski definition) is 1. The molecule has 0 N–H and O–H groups in total. The Bertz CT molecular complexity index is 400. The zero-order valence-electron chi connectivity index (χ0n) is 9.40. The van der Waals surface area contributed by atoms with Crippen LogP contribution in [0.4, 0.5) is 0 Å². The third kappa shape index (κ3) is 2.76. The van der Waals surface area contributed by atoms with Gasteiger partial charge < -0.3 is 4.90 Å². The number of thioether (sulfide) groups is 1. The number of thiol groups is 1. The van der Waals surface area contributed by atoms with Gasteiger partial charge in [-0.2, -0.15) is 11.8 Å². The Morgan fingerprint density at radius 1 is 1.56 bits per heavy atom. The van der Waals surface area contributed by atoms with Gasteiger partial charge in [0.2, 0.25) is 0 Å². The van der Waals surface area contributed by atoms with Crippen LogP contribution in [0.2, 0.25) is 0 Å². The van der Waals surface area contributed by atoms with Crippen LogP contribution >= 0.6 is 35.7 Å². The summed E-state index contributed by atoms with van der Waals surface area (Å²) in [4.78, 5) is 15.8. The molecule has 0 unspecified atom stereocenters. The minimum Gasteiger partial charge on any atom is -0.336 e. The van der Waals surface area contributed by atoms with Crippen LogP contribution in [0.1, 0.15) is 23.5 Å². The average molecular weight is 273 g/mol. The molecule has 16 heavy (non-hydrogen) atoms. The van der Waals surface area contributed by atoms with Crippen molar-refractivity contribution in [3.8, 4) is 0 Å². The molecule has 2 nitrogen and oxygen atoms in total. The summed E-state index contributed by atoms with van der Waals surface area (Å²) >= 11 is 7.65. The van der Waals surface area contributed by atoms with Gasteiger partial charge in [-0.15, -0.1) is 24.0 Å². The standard InChI is InChI=1S/C11H15NOS3/c1-11(2)7-12(3-4-16-11)10(13)9-5-8(14)6-15-9/h5-6,14H,3-4,7H2,1-2H3. The summed E-state index contributed by atoms with van der Waals surface area (Å²) in [6, 6.07) is 1.85. The quantitative estimate of drug-likeness (QED) is 0.794. The molecule has 0 radical (unpaired) electrons. The van der Waals surface area contributed by atoms with E-state index in [1.807, 2.05) is 28.1 Å². The Kier molecular flexibility index (Phi) is 3.56. The third-order valence-electron chi connectivity index (χ3n) is 2.51. The maximum absolute atomic E-state index is 12.2. The smallest absolute Gasteiger partial charge is 0.264 e. The van der Waals surface area contributed by atoms with Crippen molar-refractivity contribution in [2.75, 3.05) is 18.8 Å². The molecule has 1 aromatic rings. The molecule has 1 aliphatic rings. The van der Waals surface area contributed by atoms with Crippen molar-refractivity contribution in [3.63, 3.8) is 0 Å². The molecule has 0 aromatic carbocycles. The van der Waals surface area contributed by atoms with Crippen molar-refractivity contribution in [1.82, 2.24) is 4.90 Å². The molecule has 1 aliphatic heterocycles. The SMILES string of the molecule is CC1(C)CN(C(=O)c2cc(S)cs2)CCS1. The first kappa shape index (κ1) is 12.3. The number of amides is 1. The van der Waals surface area contributed by atoms with Gasteiger partial charge in [-0.25, -0.2) is 0 Å². The predicted octanol–water partition coefficient (Wildman–Crippen LogP) is 3.00. The summed E-state index contributed by atoms with van der Waals surface area (Å²) in [7, 11) is 0. The fourth-order valence-electron chi connectivity index (χ4n) is 1.78. The van der Waals surface area contributed by atoms with Crippen LogP contribution in [0, 0.1) is 0 Å². The first-order chi connectivity index (χ1) is 7.48. The minimum absolute atomic E-state index is 0.152. The van der Waals surface area contributed by atoms with Crippen molar-refractivity contribution >= 4 is 41.6 Å². The zero-order chi connectivity index (χ0) is 11.8. The van der Waals surface area contributed by atoms with Gasteiger partial charge >= 0.3 is 0 Å². The number of thiophene rings is 1. The Morgan fingerprint density at radius 3 is 2.88 bits per heavy atom. The molecular weight excluding hydrogens is 258 g/mol. The molecule has 2 rings (SSSR count). The fourth-order valence-corrected chi connectivity index (χ4v) is 4.01. The highest BCUT2D eigenvalue weighted by molar-refractivity contribution is 8.00. The van der Waals surface area contributed by atoms with E-state index in [-0.39, 0.29) is 10.7 Å². The van der Waals surface area contributed by atoms with E-state index in [4.69, 9.17) is 0 Å². The Balaban J connectivity index is 2.10. The van der Waals surface area contributed by atoms with Gasteiger partial charge in [-0.3, -0.25) is 4.79 Å². The molecule has 0 bridgehead atoms. The summed E-state index contributed by atoms with van der Waals surface area (Å²) in [5.74, 6) is 1.18.